The molecule has 0 aliphatic heterocycles. The van der Waals surface area contributed by atoms with E-state index in [0.29, 0.717) is 17.8 Å². The highest BCUT2D eigenvalue weighted by Crippen LogP contribution is 2.64. The topological polar surface area (TPSA) is 62.0 Å². The van der Waals surface area contributed by atoms with E-state index in [0.717, 1.165) is 63.5 Å². The second kappa shape index (κ2) is 6.84. The number of hydrogen-bond acceptors (Lipinski definition) is 4. The lowest BCUT2D eigenvalue weighted by Gasteiger charge is -2.57. The van der Waals surface area contributed by atoms with Gasteiger partial charge in [0.15, 0.2) is 0 Å². The Morgan fingerprint density at radius 1 is 0.964 bits per heavy atom. The highest BCUT2D eigenvalue weighted by atomic mass is 16.6. The van der Waals surface area contributed by atoms with Crippen LogP contribution in [0.2, 0.25) is 0 Å². The van der Waals surface area contributed by atoms with Crippen molar-refractivity contribution in [2.45, 2.75) is 103 Å². The SMILES string of the molecule is C[C@]12CC[C@H]3[C@@H](/C(=N\OC4CCCC4)C=C4C[C@@H](O)CC[C@@]43C)[C@@H]1CC[C@@H]2O. The quantitative estimate of drug-likeness (QED) is 0.681. The summed E-state index contributed by atoms with van der Waals surface area (Å²) in [6.45, 7) is 4.75. The fourth-order valence-corrected chi connectivity index (χ4v) is 7.59. The normalized spacial score (nSPS) is 50.1. The van der Waals surface area contributed by atoms with E-state index in [9.17, 15) is 10.2 Å². The molecular formula is C24H37NO3. The molecule has 7 atom stereocenters. The molecule has 5 rings (SSSR count). The van der Waals surface area contributed by atoms with E-state index in [4.69, 9.17) is 9.99 Å². The van der Waals surface area contributed by atoms with Crippen molar-refractivity contribution < 1.29 is 15.1 Å². The number of rotatable bonds is 2. The predicted octanol–water partition coefficient (Wildman–Crippen LogP) is 4.60. The molecule has 0 spiro atoms. The highest BCUT2D eigenvalue weighted by molar-refractivity contribution is 5.99. The minimum atomic E-state index is -0.213. The van der Waals surface area contributed by atoms with Gasteiger partial charge in [-0.25, -0.2) is 0 Å². The number of hydrogen-bond donors (Lipinski definition) is 2. The van der Waals surface area contributed by atoms with E-state index in [1.807, 2.05) is 0 Å². The molecule has 0 bridgehead atoms. The van der Waals surface area contributed by atoms with Gasteiger partial charge in [0.05, 0.1) is 17.9 Å². The molecular weight excluding hydrogens is 350 g/mol. The summed E-state index contributed by atoms with van der Waals surface area (Å²) >= 11 is 0. The zero-order valence-corrected chi connectivity index (χ0v) is 17.6. The summed E-state index contributed by atoms with van der Waals surface area (Å²) in [4.78, 5) is 6.06. The molecule has 4 fully saturated rings. The van der Waals surface area contributed by atoms with Gasteiger partial charge in [-0.15, -0.1) is 0 Å². The van der Waals surface area contributed by atoms with Gasteiger partial charge in [-0.1, -0.05) is 24.6 Å². The predicted molar refractivity (Wildman–Crippen MR) is 110 cm³/mol. The molecule has 0 aromatic rings. The van der Waals surface area contributed by atoms with E-state index < -0.39 is 0 Å². The fraction of sp³-hybridized carbons (Fsp3) is 0.875. The Morgan fingerprint density at radius 2 is 1.75 bits per heavy atom. The van der Waals surface area contributed by atoms with Crippen LogP contribution < -0.4 is 0 Å². The summed E-state index contributed by atoms with van der Waals surface area (Å²) < 4.78 is 0. The first-order valence-electron chi connectivity index (χ1n) is 11.7. The Bertz CT molecular complexity index is 681. The van der Waals surface area contributed by atoms with Crippen LogP contribution in [0.3, 0.4) is 0 Å². The van der Waals surface area contributed by atoms with Crippen molar-refractivity contribution in [3.8, 4) is 0 Å². The van der Waals surface area contributed by atoms with Gasteiger partial charge >= 0.3 is 0 Å². The summed E-state index contributed by atoms with van der Waals surface area (Å²) in [6, 6.07) is 0. The lowest BCUT2D eigenvalue weighted by Crippen LogP contribution is -2.54. The van der Waals surface area contributed by atoms with Crippen LogP contribution in [0.4, 0.5) is 0 Å². The maximum Gasteiger partial charge on any atom is 0.127 e. The molecule has 0 radical (unpaired) electrons. The van der Waals surface area contributed by atoms with Crippen LogP contribution in [0.15, 0.2) is 16.8 Å². The fourth-order valence-electron chi connectivity index (χ4n) is 7.59. The molecule has 0 amide bonds. The van der Waals surface area contributed by atoms with Crippen molar-refractivity contribution in [2.24, 2.45) is 33.7 Å². The minimum absolute atomic E-state index is 0.0190. The average molecular weight is 388 g/mol. The first kappa shape index (κ1) is 19.1. The molecule has 5 aliphatic rings. The Kier molecular flexibility index (Phi) is 4.67. The van der Waals surface area contributed by atoms with Crippen molar-refractivity contribution in [1.82, 2.24) is 0 Å². The van der Waals surface area contributed by atoms with Gasteiger partial charge in [0.25, 0.3) is 0 Å². The molecule has 0 heterocycles. The van der Waals surface area contributed by atoms with Gasteiger partial charge in [-0.3, -0.25) is 0 Å². The van der Waals surface area contributed by atoms with Gasteiger partial charge in [0, 0.05) is 5.92 Å². The lowest BCUT2D eigenvalue weighted by molar-refractivity contribution is -0.0501. The molecule has 0 aromatic heterocycles. The standard InChI is InChI=1S/C24H37NO3/c1-23-11-9-16(26)13-15(23)14-20(25-28-17-5-3-4-6-17)22-18-7-8-21(27)24(18,2)12-10-19(22)23/h14,16-19,21-22,26-27H,3-13H2,1-2H3/b25-20-/t16-,18-,19-,21-,22-,23-,24-/m0/s1. The zero-order chi connectivity index (χ0) is 19.5. The average Bonchev–Trinajstić information content (AvgIpc) is 3.29. The number of aliphatic hydroxyl groups excluding tert-OH is 2. The van der Waals surface area contributed by atoms with E-state index in [1.165, 1.54) is 18.4 Å². The van der Waals surface area contributed by atoms with Crippen molar-refractivity contribution in [1.29, 1.82) is 0 Å². The lowest BCUT2D eigenvalue weighted by atomic mass is 9.47. The summed E-state index contributed by atoms with van der Waals surface area (Å²) in [5.41, 5.74) is 2.70. The number of nitrogens with zero attached hydrogens (tertiary/aromatic N) is 1. The summed E-state index contributed by atoms with van der Waals surface area (Å²) in [5, 5.41) is 25.9. The summed E-state index contributed by atoms with van der Waals surface area (Å²) in [5.74, 6) is 1.45. The second-order valence-electron chi connectivity index (χ2n) is 10.9. The van der Waals surface area contributed by atoms with Crippen LogP contribution >= 0.6 is 0 Å². The smallest absolute Gasteiger partial charge is 0.127 e. The van der Waals surface area contributed by atoms with Crippen LogP contribution in [0.1, 0.15) is 84.5 Å². The van der Waals surface area contributed by atoms with Crippen LogP contribution in [0.5, 0.6) is 0 Å². The molecule has 28 heavy (non-hydrogen) atoms. The number of oxime groups is 1. The third-order valence-electron chi connectivity index (χ3n) is 9.50. The molecule has 0 unspecified atom stereocenters. The van der Waals surface area contributed by atoms with Gasteiger partial charge in [0.2, 0.25) is 0 Å². The van der Waals surface area contributed by atoms with Crippen molar-refractivity contribution >= 4 is 5.71 Å². The summed E-state index contributed by atoms with van der Waals surface area (Å²) in [6.07, 6.45) is 14.0. The van der Waals surface area contributed by atoms with Crippen molar-refractivity contribution in [2.75, 3.05) is 0 Å². The maximum absolute atomic E-state index is 10.8. The molecule has 4 nitrogen and oxygen atoms in total. The number of allylic oxidation sites excluding steroid dienone is 1. The Morgan fingerprint density at radius 3 is 2.54 bits per heavy atom. The molecule has 156 valence electrons. The zero-order valence-electron chi connectivity index (χ0n) is 17.6. The third kappa shape index (κ3) is 2.81. The van der Waals surface area contributed by atoms with E-state index in [1.54, 1.807) is 0 Å². The second-order valence-corrected chi connectivity index (χ2v) is 10.9. The largest absolute Gasteiger partial charge is 0.393 e. The molecule has 4 heteroatoms. The first-order valence-corrected chi connectivity index (χ1v) is 11.7. The number of fused-ring (bicyclic) bond motifs is 5. The van der Waals surface area contributed by atoms with E-state index in [-0.39, 0.29) is 29.1 Å². The van der Waals surface area contributed by atoms with E-state index in [2.05, 4.69) is 19.9 Å². The van der Waals surface area contributed by atoms with Crippen LogP contribution in [-0.2, 0) is 4.84 Å². The van der Waals surface area contributed by atoms with E-state index >= 15 is 0 Å². The molecule has 0 saturated heterocycles. The highest BCUT2D eigenvalue weighted by Gasteiger charge is 2.60. The summed E-state index contributed by atoms with van der Waals surface area (Å²) in [7, 11) is 0. The Hall–Kier alpha value is -0.870. The Balaban J connectivity index is 1.54. The molecule has 4 saturated carbocycles. The van der Waals surface area contributed by atoms with Crippen LogP contribution in [0.25, 0.3) is 0 Å². The molecule has 2 N–H and O–H groups in total. The van der Waals surface area contributed by atoms with Gasteiger partial charge in [0.1, 0.15) is 6.10 Å². The minimum Gasteiger partial charge on any atom is -0.393 e. The van der Waals surface area contributed by atoms with Crippen LogP contribution in [0, 0.1) is 28.6 Å². The van der Waals surface area contributed by atoms with Gasteiger partial charge in [-0.05, 0) is 99.4 Å². The molecule has 5 aliphatic carbocycles. The van der Waals surface area contributed by atoms with Crippen molar-refractivity contribution in [3.05, 3.63) is 11.6 Å². The Labute approximate surface area is 169 Å². The van der Waals surface area contributed by atoms with Gasteiger partial charge < -0.3 is 15.1 Å². The number of aliphatic hydroxyl groups is 2. The maximum atomic E-state index is 10.8. The van der Waals surface area contributed by atoms with Gasteiger partial charge in [-0.2, -0.15) is 0 Å². The first-order chi connectivity index (χ1) is 13.4. The molecule has 0 aromatic carbocycles. The van der Waals surface area contributed by atoms with Crippen LogP contribution in [-0.4, -0.2) is 34.2 Å². The monoisotopic (exact) mass is 387 g/mol. The third-order valence-corrected chi connectivity index (χ3v) is 9.50. The van der Waals surface area contributed by atoms with Crippen molar-refractivity contribution in [3.63, 3.8) is 0 Å².